The van der Waals surface area contributed by atoms with Gasteiger partial charge < -0.3 is 5.32 Å². The first kappa shape index (κ1) is 14.6. The second-order valence-electron chi connectivity index (χ2n) is 4.98. The Morgan fingerprint density at radius 1 is 1.05 bits per heavy atom. The molecule has 1 heterocycles. The van der Waals surface area contributed by atoms with Gasteiger partial charge in [0.15, 0.2) is 0 Å². The molecule has 5 heteroatoms. The fourth-order valence-corrected chi connectivity index (χ4v) is 2.34. The molecule has 0 saturated carbocycles. The summed E-state index contributed by atoms with van der Waals surface area (Å²) in [6.45, 7) is 1.19. The Morgan fingerprint density at radius 3 is 2.64 bits per heavy atom. The lowest BCUT2D eigenvalue weighted by molar-refractivity contribution is 0.625. The van der Waals surface area contributed by atoms with E-state index in [-0.39, 0.29) is 5.82 Å². The average Bonchev–Trinajstić information content (AvgIpc) is 2.95. The number of nitrogens with zero attached hydrogens (tertiary/aromatic N) is 2. The lowest BCUT2D eigenvalue weighted by Crippen LogP contribution is -2.09. The Morgan fingerprint density at radius 2 is 1.86 bits per heavy atom. The first-order chi connectivity index (χ1) is 10.7. The van der Waals surface area contributed by atoms with Crippen molar-refractivity contribution < 1.29 is 4.39 Å². The van der Waals surface area contributed by atoms with Crippen LogP contribution in [0.15, 0.2) is 60.8 Å². The van der Waals surface area contributed by atoms with Gasteiger partial charge in [0, 0.05) is 17.6 Å². The van der Waals surface area contributed by atoms with E-state index in [9.17, 15) is 4.39 Å². The zero-order valence-corrected chi connectivity index (χ0v) is 12.6. The summed E-state index contributed by atoms with van der Waals surface area (Å²) in [5.41, 5.74) is 2.00. The van der Waals surface area contributed by atoms with E-state index in [0.29, 0.717) is 18.1 Å². The quantitative estimate of drug-likeness (QED) is 0.759. The smallest absolute Gasteiger partial charge is 0.124 e. The lowest BCUT2D eigenvalue weighted by Gasteiger charge is -2.10. The zero-order valence-electron chi connectivity index (χ0n) is 11.8. The normalized spacial score (nSPS) is 10.6. The molecule has 0 radical (unpaired) electrons. The summed E-state index contributed by atoms with van der Waals surface area (Å²) in [5.74, 6) is 0.660. The van der Waals surface area contributed by atoms with Crippen molar-refractivity contribution in [2.75, 3.05) is 5.32 Å². The van der Waals surface area contributed by atoms with Crippen LogP contribution in [0.3, 0.4) is 0 Å². The summed E-state index contributed by atoms with van der Waals surface area (Å²) in [5, 5.41) is 8.30. The molecule has 0 fully saturated rings. The highest BCUT2D eigenvalue weighted by molar-refractivity contribution is 6.30. The van der Waals surface area contributed by atoms with E-state index >= 15 is 0 Å². The number of nitrogens with one attached hydrogen (secondary N) is 1. The summed E-state index contributed by atoms with van der Waals surface area (Å²) < 4.78 is 15.0. The Labute approximate surface area is 133 Å². The van der Waals surface area contributed by atoms with Crippen LogP contribution in [0.4, 0.5) is 10.2 Å². The van der Waals surface area contributed by atoms with Crippen LogP contribution in [-0.2, 0) is 13.1 Å². The van der Waals surface area contributed by atoms with Gasteiger partial charge in [0.2, 0.25) is 0 Å². The van der Waals surface area contributed by atoms with Crippen LogP contribution in [0, 0.1) is 5.82 Å². The highest BCUT2D eigenvalue weighted by Crippen LogP contribution is 2.14. The van der Waals surface area contributed by atoms with Crippen LogP contribution in [0.25, 0.3) is 0 Å². The Bertz CT molecular complexity index is 753. The van der Waals surface area contributed by atoms with Crippen molar-refractivity contribution in [1.82, 2.24) is 9.78 Å². The van der Waals surface area contributed by atoms with Crippen molar-refractivity contribution in [2.45, 2.75) is 13.1 Å². The molecule has 3 aromatic rings. The molecule has 3 nitrogen and oxygen atoms in total. The summed E-state index contributed by atoms with van der Waals surface area (Å²) in [6.07, 6.45) is 1.74. The minimum atomic E-state index is -0.228. The monoisotopic (exact) mass is 315 g/mol. The van der Waals surface area contributed by atoms with E-state index in [1.54, 1.807) is 12.3 Å². The topological polar surface area (TPSA) is 29.9 Å². The second kappa shape index (κ2) is 6.62. The second-order valence-corrected chi connectivity index (χ2v) is 5.42. The molecule has 1 aromatic heterocycles. The maximum Gasteiger partial charge on any atom is 0.124 e. The van der Waals surface area contributed by atoms with Crippen molar-refractivity contribution in [3.63, 3.8) is 0 Å². The van der Waals surface area contributed by atoms with Gasteiger partial charge in [-0.25, -0.2) is 9.07 Å². The van der Waals surface area contributed by atoms with Crippen LogP contribution in [0.5, 0.6) is 0 Å². The maximum atomic E-state index is 13.2. The number of rotatable bonds is 5. The molecule has 0 aliphatic carbocycles. The summed E-state index contributed by atoms with van der Waals surface area (Å²) in [6, 6.07) is 16.1. The fourth-order valence-electron chi connectivity index (χ4n) is 2.21. The molecule has 2 aromatic carbocycles. The molecule has 112 valence electrons. The zero-order chi connectivity index (χ0) is 15.4. The fraction of sp³-hybridized carbons (Fsp3) is 0.118. The van der Waals surface area contributed by atoms with Crippen LogP contribution >= 0.6 is 11.6 Å². The minimum absolute atomic E-state index is 0.228. The molecule has 22 heavy (non-hydrogen) atoms. The van der Waals surface area contributed by atoms with Crippen molar-refractivity contribution in [3.05, 3.63) is 82.8 Å². The summed E-state index contributed by atoms with van der Waals surface area (Å²) in [7, 11) is 0. The standard InChI is InChI=1S/C17H15ClFN3/c18-15-6-4-13(5-7-15)12-22-17(8-9-21-22)20-11-14-2-1-3-16(19)10-14/h1-10,20H,11-12H2. The van der Waals surface area contributed by atoms with Crippen LogP contribution in [0.1, 0.15) is 11.1 Å². The van der Waals surface area contributed by atoms with Crippen LogP contribution < -0.4 is 5.32 Å². The summed E-state index contributed by atoms with van der Waals surface area (Å²) in [4.78, 5) is 0. The molecule has 0 aliphatic heterocycles. The van der Waals surface area contributed by atoms with E-state index in [1.165, 1.54) is 12.1 Å². The molecule has 0 aliphatic rings. The first-order valence-electron chi connectivity index (χ1n) is 6.95. The van der Waals surface area contributed by atoms with Crippen molar-refractivity contribution in [3.8, 4) is 0 Å². The van der Waals surface area contributed by atoms with Crippen molar-refractivity contribution in [2.24, 2.45) is 0 Å². The van der Waals surface area contributed by atoms with Gasteiger partial charge >= 0.3 is 0 Å². The highest BCUT2D eigenvalue weighted by atomic mass is 35.5. The minimum Gasteiger partial charge on any atom is -0.366 e. The maximum absolute atomic E-state index is 13.2. The van der Waals surface area contributed by atoms with Gasteiger partial charge in [-0.2, -0.15) is 5.10 Å². The van der Waals surface area contributed by atoms with Gasteiger partial charge in [0.1, 0.15) is 11.6 Å². The number of anilines is 1. The number of hydrogen-bond donors (Lipinski definition) is 1. The number of aromatic nitrogens is 2. The molecule has 0 bridgehead atoms. The van der Waals surface area contributed by atoms with Crippen LogP contribution in [-0.4, -0.2) is 9.78 Å². The van der Waals surface area contributed by atoms with E-state index in [1.807, 2.05) is 41.1 Å². The third kappa shape index (κ3) is 3.65. The molecule has 0 amide bonds. The molecule has 3 rings (SSSR count). The number of hydrogen-bond acceptors (Lipinski definition) is 2. The number of benzene rings is 2. The third-order valence-corrected chi connectivity index (χ3v) is 3.58. The molecule has 0 saturated heterocycles. The van der Waals surface area contributed by atoms with Gasteiger partial charge in [-0.05, 0) is 35.4 Å². The van der Waals surface area contributed by atoms with Crippen molar-refractivity contribution >= 4 is 17.4 Å². The predicted molar refractivity (Wildman–Crippen MR) is 86.5 cm³/mol. The lowest BCUT2D eigenvalue weighted by atomic mass is 10.2. The van der Waals surface area contributed by atoms with Crippen molar-refractivity contribution in [1.29, 1.82) is 0 Å². The first-order valence-corrected chi connectivity index (χ1v) is 7.33. The molecule has 0 unspecified atom stereocenters. The molecule has 1 N–H and O–H groups in total. The highest BCUT2D eigenvalue weighted by Gasteiger charge is 2.04. The SMILES string of the molecule is Fc1cccc(CNc2ccnn2Cc2ccc(Cl)cc2)c1. The molecular formula is C17H15ClFN3. The third-order valence-electron chi connectivity index (χ3n) is 3.32. The van der Waals surface area contributed by atoms with Gasteiger partial charge in [-0.15, -0.1) is 0 Å². The molecule has 0 atom stereocenters. The summed E-state index contributed by atoms with van der Waals surface area (Å²) >= 11 is 5.89. The Balaban J connectivity index is 1.68. The number of halogens is 2. The van der Waals surface area contributed by atoms with E-state index in [2.05, 4.69) is 10.4 Å². The van der Waals surface area contributed by atoms with E-state index in [0.717, 1.165) is 16.9 Å². The average molecular weight is 316 g/mol. The Hall–Kier alpha value is -2.33. The van der Waals surface area contributed by atoms with Gasteiger partial charge in [-0.3, -0.25) is 0 Å². The molecule has 0 spiro atoms. The predicted octanol–water partition coefficient (Wildman–Crippen LogP) is 4.34. The van der Waals surface area contributed by atoms with E-state index in [4.69, 9.17) is 11.6 Å². The van der Waals surface area contributed by atoms with Gasteiger partial charge in [0.05, 0.1) is 12.7 Å². The van der Waals surface area contributed by atoms with Crippen LogP contribution in [0.2, 0.25) is 5.02 Å². The van der Waals surface area contributed by atoms with Gasteiger partial charge in [0.25, 0.3) is 0 Å². The van der Waals surface area contributed by atoms with Gasteiger partial charge in [-0.1, -0.05) is 35.9 Å². The van der Waals surface area contributed by atoms with E-state index < -0.39 is 0 Å². The Kier molecular flexibility index (Phi) is 4.39. The largest absolute Gasteiger partial charge is 0.366 e. The molecular weight excluding hydrogens is 301 g/mol.